The van der Waals surface area contributed by atoms with E-state index in [1.165, 1.54) is 12.8 Å². The molecule has 2 aromatic heterocycles. The Bertz CT molecular complexity index is 888. The van der Waals surface area contributed by atoms with E-state index >= 15 is 0 Å². The molecule has 0 bridgehead atoms. The first-order valence-electron chi connectivity index (χ1n) is 10.7. The lowest BCUT2D eigenvalue weighted by atomic mass is 10.1. The highest BCUT2D eigenvalue weighted by Gasteiger charge is 2.37. The average Bonchev–Trinajstić information content (AvgIpc) is 3.29. The first-order valence-corrected chi connectivity index (χ1v) is 10.7. The Morgan fingerprint density at radius 1 is 1.17 bits per heavy atom. The minimum Gasteiger partial charge on any atom is -0.355 e. The van der Waals surface area contributed by atoms with E-state index in [9.17, 15) is 9.59 Å². The fourth-order valence-corrected chi connectivity index (χ4v) is 4.42. The lowest BCUT2D eigenvalue weighted by Gasteiger charge is -2.30. The number of amides is 2. The summed E-state index contributed by atoms with van der Waals surface area (Å²) in [6.45, 7) is 5.81. The first kappa shape index (κ1) is 19.9. The van der Waals surface area contributed by atoms with Gasteiger partial charge in [0.2, 0.25) is 11.8 Å². The molecule has 2 amide bonds. The fraction of sp³-hybridized carbons (Fsp3) is 0.591. The molecule has 0 aromatic carbocycles. The van der Waals surface area contributed by atoms with Crippen molar-refractivity contribution in [2.75, 3.05) is 13.1 Å². The van der Waals surface area contributed by atoms with Crippen molar-refractivity contribution in [3.8, 4) is 0 Å². The van der Waals surface area contributed by atoms with Gasteiger partial charge in [-0.1, -0.05) is 6.07 Å². The molecule has 1 saturated heterocycles. The topological polar surface area (TPSA) is 78.7 Å². The van der Waals surface area contributed by atoms with Crippen LogP contribution >= 0.6 is 0 Å². The SMILES string of the molecule is CC(=O)NC[C@H]1CC[C@@H](CC(=O)NCc2cnc3c(C)cccn23)N1CC1CC1. The van der Waals surface area contributed by atoms with Crippen LogP contribution < -0.4 is 10.6 Å². The highest BCUT2D eigenvalue weighted by atomic mass is 16.2. The van der Waals surface area contributed by atoms with Gasteiger partial charge in [0.15, 0.2) is 0 Å². The molecule has 7 nitrogen and oxygen atoms in total. The van der Waals surface area contributed by atoms with Gasteiger partial charge in [0, 0.05) is 44.7 Å². The number of nitrogens with zero attached hydrogens (tertiary/aromatic N) is 3. The Morgan fingerprint density at radius 3 is 2.72 bits per heavy atom. The molecule has 4 rings (SSSR count). The number of fused-ring (bicyclic) bond motifs is 1. The quantitative estimate of drug-likeness (QED) is 0.714. The first-order chi connectivity index (χ1) is 14.0. The maximum absolute atomic E-state index is 12.7. The van der Waals surface area contributed by atoms with Crippen molar-refractivity contribution in [3.63, 3.8) is 0 Å². The summed E-state index contributed by atoms with van der Waals surface area (Å²) in [5.41, 5.74) is 3.04. The van der Waals surface area contributed by atoms with Gasteiger partial charge >= 0.3 is 0 Å². The normalized spacial score (nSPS) is 22.1. The standard InChI is InChI=1S/C22H31N5O2/c1-15-4-3-9-26-20(13-25-22(15)26)12-24-21(29)10-18-7-8-19(11-23-16(2)28)27(18)14-17-5-6-17/h3-4,9,13,17-19H,5-8,10-12,14H2,1-2H3,(H,23,28)(H,24,29)/t18-,19+/m0/s1. The fourth-order valence-electron chi connectivity index (χ4n) is 4.42. The number of aromatic nitrogens is 2. The molecule has 156 valence electrons. The van der Waals surface area contributed by atoms with Crippen LogP contribution in [0, 0.1) is 12.8 Å². The van der Waals surface area contributed by atoms with Crippen LogP contribution in [0.2, 0.25) is 0 Å². The summed E-state index contributed by atoms with van der Waals surface area (Å²) in [6.07, 6.45) is 8.96. The Hall–Kier alpha value is -2.41. The molecule has 1 saturated carbocycles. The molecule has 2 N–H and O–H groups in total. The van der Waals surface area contributed by atoms with Crippen molar-refractivity contribution in [1.82, 2.24) is 24.9 Å². The van der Waals surface area contributed by atoms with Crippen LogP contribution in [0.25, 0.3) is 5.65 Å². The zero-order chi connectivity index (χ0) is 20.4. The summed E-state index contributed by atoms with van der Waals surface area (Å²) in [5.74, 6) is 0.860. The van der Waals surface area contributed by atoms with E-state index in [0.29, 0.717) is 25.6 Å². The molecular formula is C22H31N5O2. The van der Waals surface area contributed by atoms with Crippen LogP contribution in [0.4, 0.5) is 0 Å². The molecule has 2 fully saturated rings. The van der Waals surface area contributed by atoms with Crippen LogP contribution in [-0.2, 0) is 16.1 Å². The molecule has 2 aliphatic rings. The number of carbonyl (C=O) groups excluding carboxylic acids is 2. The molecule has 7 heteroatoms. The molecule has 3 heterocycles. The Labute approximate surface area is 171 Å². The maximum Gasteiger partial charge on any atom is 0.221 e. The zero-order valence-electron chi connectivity index (χ0n) is 17.4. The van der Waals surface area contributed by atoms with Crippen molar-refractivity contribution in [2.24, 2.45) is 5.92 Å². The van der Waals surface area contributed by atoms with Gasteiger partial charge in [-0.25, -0.2) is 4.98 Å². The zero-order valence-corrected chi connectivity index (χ0v) is 17.4. The predicted octanol–water partition coefficient (Wildman–Crippen LogP) is 2.03. The summed E-state index contributed by atoms with van der Waals surface area (Å²) in [5, 5.41) is 6.04. The van der Waals surface area contributed by atoms with Crippen LogP contribution in [0.15, 0.2) is 24.5 Å². The van der Waals surface area contributed by atoms with Crippen molar-refractivity contribution in [2.45, 2.75) is 64.6 Å². The third-order valence-electron chi connectivity index (χ3n) is 6.22. The number of carbonyl (C=O) groups is 2. The lowest BCUT2D eigenvalue weighted by molar-refractivity contribution is -0.123. The Balaban J connectivity index is 1.34. The van der Waals surface area contributed by atoms with E-state index in [1.807, 2.05) is 35.9 Å². The van der Waals surface area contributed by atoms with Gasteiger partial charge in [-0.3, -0.25) is 14.5 Å². The number of hydrogen-bond acceptors (Lipinski definition) is 4. The van der Waals surface area contributed by atoms with E-state index < -0.39 is 0 Å². The summed E-state index contributed by atoms with van der Waals surface area (Å²) >= 11 is 0. The van der Waals surface area contributed by atoms with E-state index in [4.69, 9.17) is 0 Å². The molecular weight excluding hydrogens is 366 g/mol. The number of aryl methyl sites for hydroxylation is 1. The minimum absolute atomic E-state index is 0.0147. The number of pyridine rings is 1. The third-order valence-corrected chi connectivity index (χ3v) is 6.22. The summed E-state index contributed by atoms with van der Waals surface area (Å²) in [4.78, 5) is 30.9. The van der Waals surface area contributed by atoms with E-state index in [0.717, 1.165) is 42.2 Å². The van der Waals surface area contributed by atoms with Crippen molar-refractivity contribution in [1.29, 1.82) is 0 Å². The van der Waals surface area contributed by atoms with Crippen molar-refractivity contribution >= 4 is 17.5 Å². The van der Waals surface area contributed by atoms with Crippen LogP contribution in [0.3, 0.4) is 0 Å². The second-order valence-electron chi connectivity index (χ2n) is 8.58. The molecule has 1 aliphatic heterocycles. The highest BCUT2D eigenvalue weighted by molar-refractivity contribution is 5.76. The largest absolute Gasteiger partial charge is 0.355 e. The van der Waals surface area contributed by atoms with Gasteiger partial charge in [0.1, 0.15) is 5.65 Å². The number of likely N-dealkylation sites (tertiary alicyclic amines) is 1. The molecule has 2 aromatic rings. The molecule has 0 unspecified atom stereocenters. The second-order valence-corrected chi connectivity index (χ2v) is 8.58. The van der Waals surface area contributed by atoms with Gasteiger partial charge < -0.3 is 15.0 Å². The number of hydrogen-bond donors (Lipinski definition) is 2. The van der Waals surface area contributed by atoms with Crippen molar-refractivity contribution in [3.05, 3.63) is 35.8 Å². The van der Waals surface area contributed by atoms with Gasteiger partial charge in [-0.15, -0.1) is 0 Å². The summed E-state index contributed by atoms with van der Waals surface area (Å²) in [6, 6.07) is 4.65. The maximum atomic E-state index is 12.7. The van der Waals surface area contributed by atoms with Crippen LogP contribution in [0.5, 0.6) is 0 Å². The molecule has 2 atom stereocenters. The van der Waals surface area contributed by atoms with Gasteiger partial charge in [0.25, 0.3) is 0 Å². The van der Waals surface area contributed by atoms with Gasteiger partial charge in [-0.05, 0) is 50.2 Å². The Morgan fingerprint density at radius 2 is 1.97 bits per heavy atom. The average molecular weight is 398 g/mol. The third kappa shape index (κ3) is 4.78. The Kier molecular flexibility index (Phi) is 5.85. The van der Waals surface area contributed by atoms with Crippen LogP contribution in [-0.4, -0.2) is 51.3 Å². The highest BCUT2D eigenvalue weighted by Crippen LogP contribution is 2.35. The smallest absolute Gasteiger partial charge is 0.221 e. The molecule has 1 aliphatic carbocycles. The van der Waals surface area contributed by atoms with Crippen LogP contribution in [0.1, 0.15) is 50.3 Å². The van der Waals surface area contributed by atoms with E-state index in [2.05, 4.69) is 20.5 Å². The molecule has 0 radical (unpaired) electrons. The van der Waals surface area contributed by atoms with Crippen molar-refractivity contribution < 1.29 is 9.59 Å². The number of imidazole rings is 1. The molecule has 29 heavy (non-hydrogen) atoms. The minimum atomic E-state index is 0.0147. The van der Waals surface area contributed by atoms with E-state index in [1.54, 1.807) is 6.92 Å². The number of nitrogens with one attached hydrogen (secondary N) is 2. The second kappa shape index (κ2) is 8.53. The monoisotopic (exact) mass is 397 g/mol. The van der Waals surface area contributed by atoms with E-state index in [-0.39, 0.29) is 17.9 Å². The molecule has 0 spiro atoms. The van der Waals surface area contributed by atoms with Gasteiger partial charge in [0.05, 0.1) is 18.4 Å². The number of rotatable bonds is 8. The van der Waals surface area contributed by atoms with Gasteiger partial charge in [-0.2, -0.15) is 0 Å². The summed E-state index contributed by atoms with van der Waals surface area (Å²) < 4.78 is 2.04. The predicted molar refractivity (Wildman–Crippen MR) is 111 cm³/mol. The lowest BCUT2D eigenvalue weighted by Crippen LogP contribution is -2.45. The summed E-state index contributed by atoms with van der Waals surface area (Å²) in [7, 11) is 0.